The van der Waals surface area contributed by atoms with E-state index < -0.39 is 10.1 Å². The third-order valence-corrected chi connectivity index (χ3v) is 5.89. The Morgan fingerprint density at radius 2 is 1.22 bits per heavy atom. The van der Waals surface area contributed by atoms with E-state index in [0.29, 0.717) is 27.8 Å². The summed E-state index contributed by atoms with van der Waals surface area (Å²) in [5.41, 5.74) is 3.80. The molecule has 32 heavy (non-hydrogen) atoms. The van der Waals surface area contributed by atoms with Gasteiger partial charge in [-0.3, -0.25) is 4.55 Å². The molecule has 0 heterocycles. The molecule has 0 bridgehead atoms. The summed E-state index contributed by atoms with van der Waals surface area (Å²) < 4.78 is 32.1. The first kappa shape index (κ1) is 24.4. The van der Waals surface area contributed by atoms with Crippen molar-refractivity contribution >= 4 is 61.5 Å². The van der Waals surface area contributed by atoms with Gasteiger partial charge in [-0.15, -0.1) is 0 Å². The normalized spacial score (nSPS) is 10.8. The van der Waals surface area contributed by atoms with E-state index in [4.69, 9.17) is 0 Å². The molecule has 0 saturated heterocycles. The maximum Gasteiger partial charge on any atom is 0.294 e. The van der Waals surface area contributed by atoms with Gasteiger partial charge >= 0.3 is 0 Å². The molecule has 0 unspecified atom stereocenters. The summed E-state index contributed by atoms with van der Waals surface area (Å²) in [5, 5.41) is 21.2. The van der Waals surface area contributed by atoms with Crippen LogP contribution in [-0.2, 0) is 10.1 Å². The molecule has 0 amide bonds. The largest absolute Gasteiger partial charge is 0.507 e. The summed E-state index contributed by atoms with van der Waals surface area (Å²) in [6.07, 6.45) is 0. The summed E-state index contributed by atoms with van der Waals surface area (Å²) in [6, 6.07) is 28.0. The second-order valence-electron chi connectivity index (χ2n) is 6.91. The van der Waals surface area contributed by atoms with Crippen molar-refractivity contribution in [3.63, 3.8) is 0 Å². The molecule has 0 fully saturated rings. The monoisotopic (exact) mass is 466 g/mol. The van der Waals surface area contributed by atoms with E-state index in [9.17, 15) is 23.3 Å². The molecule has 4 rings (SSSR count). The SMILES string of the molecule is N#Cc1c(-c2ccc(S(=O)(=O)O)cc2)cc(-c2ccccc2)c(O)c1-c1ccccc1.[K]. The molecule has 1 radical (unpaired) electrons. The Kier molecular flexibility index (Phi) is 7.69. The Bertz CT molecular complexity index is 1400. The topological polar surface area (TPSA) is 98.4 Å². The number of benzene rings is 4. The summed E-state index contributed by atoms with van der Waals surface area (Å²) in [7, 11) is -4.33. The van der Waals surface area contributed by atoms with Gasteiger partial charge in [0.1, 0.15) is 11.8 Å². The van der Waals surface area contributed by atoms with Gasteiger partial charge in [-0.2, -0.15) is 13.7 Å². The number of aromatic hydroxyl groups is 1. The summed E-state index contributed by atoms with van der Waals surface area (Å²) in [4.78, 5) is -0.236. The first-order valence-electron chi connectivity index (χ1n) is 9.39. The molecule has 2 N–H and O–H groups in total. The van der Waals surface area contributed by atoms with Crippen molar-refractivity contribution in [3.8, 4) is 45.2 Å². The van der Waals surface area contributed by atoms with Gasteiger partial charge in [0.05, 0.1) is 10.5 Å². The fourth-order valence-electron chi connectivity index (χ4n) is 3.55. The zero-order valence-corrected chi connectivity index (χ0v) is 21.2. The molecule has 0 aliphatic rings. The van der Waals surface area contributed by atoms with E-state index >= 15 is 0 Å². The number of phenols is 1. The van der Waals surface area contributed by atoms with Gasteiger partial charge in [0, 0.05) is 68.1 Å². The predicted molar refractivity (Wildman–Crippen MR) is 125 cm³/mol. The Labute approximate surface area is 229 Å². The molecule has 4 aromatic carbocycles. The number of phenolic OH excluding ortho intramolecular Hbond substituents is 1. The van der Waals surface area contributed by atoms with E-state index in [-0.39, 0.29) is 67.6 Å². The number of rotatable bonds is 4. The fraction of sp³-hybridized carbons (Fsp3) is 0. The zero-order valence-electron chi connectivity index (χ0n) is 17.2. The van der Waals surface area contributed by atoms with E-state index in [1.165, 1.54) is 24.3 Å². The van der Waals surface area contributed by atoms with E-state index in [1.54, 1.807) is 6.07 Å². The molecular weight excluding hydrogens is 449 g/mol. The fourth-order valence-corrected chi connectivity index (χ4v) is 4.03. The molecule has 0 atom stereocenters. The molecule has 0 aromatic heterocycles. The predicted octanol–water partition coefficient (Wildman–Crippen LogP) is 5.13. The van der Waals surface area contributed by atoms with Crippen LogP contribution >= 0.6 is 0 Å². The van der Waals surface area contributed by atoms with Crippen molar-refractivity contribution < 1.29 is 18.1 Å². The number of nitriles is 1. The van der Waals surface area contributed by atoms with Crippen LogP contribution in [0.15, 0.2) is 95.9 Å². The van der Waals surface area contributed by atoms with Crippen LogP contribution < -0.4 is 0 Å². The second-order valence-corrected chi connectivity index (χ2v) is 8.34. The van der Waals surface area contributed by atoms with Gasteiger partial charge in [-0.05, 0) is 34.9 Å². The van der Waals surface area contributed by atoms with Crippen LogP contribution in [-0.4, -0.2) is 69.5 Å². The second kappa shape index (κ2) is 10.1. The third kappa shape index (κ3) is 4.87. The van der Waals surface area contributed by atoms with Crippen LogP contribution in [0.5, 0.6) is 5.75 Å². The first-order valence-corrected chi connectivity index (χ1v) is 10.8. The standard InChI is InChI=1S/C25H17NO4S.K/c26-16-23-21(18-11-13-20(14-12-18)31(28,29)30)15-22(17-7-3-1-4-8-17)25(27)24(23)19-9-5-2-6-10-19;/h1-15,27H,(H,28,29,30);. The first-order chi connectivity index (χ1) is 14.9. The van der Waals surface area contributed by atoms with E-state index in [1.807, 2.05) is 60.7 Å². The van der Waals surface area contributed by atoms with Crippen LogP contribution in [0.3, 0.4) is 0 Å². The van der Waals surface area contributed by atoms with Crippen molar-refractivity contribution in [2.24, 2.45) is 0 Å². The maximum atomic E-state index is 11.4. The van der Waals surface area contributed by atoms with Gasteiger partial charge in [0.15, 0.2) is 0 Å². The summed E-state index contributed by atoms with van der Waals surface area (Å²) >= 11 is 0. The number of hydrogen-bond donors (Lipinski definition) is 2. The van der Waals surface area contributed by atoms with Crippen LogP contribution in [0.25, 0.3) is 33.4 Å². The molecule has 0 aliphatic heterocycles. The van der Waals surface area contributed by atoms with Crippen LogP contribution in [0.2, 0.25) is 0 Å². The van der Waals surface area contributed by atoms with Crippen molar-refractivity contribution in [2.45, 2.75) is 4.90 Å². The molecule has 0 aliphatic carbocycles. The van der Waals surface area contributed by atoms with Crippen LogP contribution in [0, 0.1) is 11.3 Å². The van der Waals surface area contributed by atoms with Gasteiger partial charge in [-0.25, -0.2) is 0 Å². The van der Waals surface area contributed by atoms with Gasteiger partial charge in [0.25, 0.3) is 10.1 Å². The third-order valence-electron chi connectivity index (χ3n) is 5.02. The molecule has 153 valence electrons. The number of nitrogens with zero attached hydrogens (tertiary/aromatic N) is 1. The Hall–Kier alpha value is -2.28. The molecule has 0 saturated carbocycles. The van der Waals surface area contributed by atoms with E-state index in [2.05, 4.69) is 6.07 Å². The minimum Gasteiger partial charge on any atom is -0.507 e. The zero-order chi connectivity index (χ0) is 22.0. The van der Waals surface area contributed by atoms with Gasteiger partial charge < -0.3 is 5.11 Å². The van der Waals surface area contributed by atoms with Crippen molar-refractivity contribution in [1.82, 2.24) is 0 Å². The van der Waals surface area contributed by atoms with Gasteiger partial charge in [-0.1, -0.05) is 72.8 Å². The quantitative estimate of drug-likeness (QED) is 0.321. The average molecular weight is 467 g/mol. The Morgan fingerprint density at radius 1 is 0.719 bits per heavy atom. The average Bonchev–Trinajstić information content (AvgIpc) is 2.79. The smallest absolute Gasteiger partial charge is 0.294 e. The molecule has 5 nitrogen and oxygen atoms in total. The molecule has 0 spiro atoms. The van der Waals surface area contributed by atoms with Crippen molar-refractivity contribution in [2.75, 3.05) is 0 Å². The Balaban J connectivity index is 0.00000289. The number of hydrogen-bond acceptors (Lipinski definition) is 4. The summed E-state index contributed by atoms with van der Waals surface area (Å²) in [5.74, 6) is -0.00717. The van der Waals surface area contributed by atoms with Crippen molar-refractivity contribution in [3.05, 3.63) is 96.6 Å². The van der Waals surface area contributed by atoms with Crippen LogP contribution in [0.1, 0.15) is 5.56 Å². The Morgan fingerprint density at radius 3 is 1.72 bits per heavy atom. The van der Waals surface area contributed by atoms with Crippen molar-refractivity contribution in [1.29, 1.82) is 5.26 Å². The van der Waals surface area contributed by atoms with Gasteiger partial charge in [0.2, 0.25) is 0 Å². The molecule has 7 heteroatoms. The minimum atomic E-state index is -4.33. The minimum absolute atomic E-state index is 0. The summed E-state index contributed by atoms with van der Waals surface area (Å²) in [6.45, 7) is 0. The maximum absolute atomic E-state index is 11.4. The van der Waals surface area contributed by atoms with E-state index in [0.717, 1.165) is 5.56 Å². The molecular formula is C25H17KNO4S. The van der Waals surface area contributed by atoms with Crippen LogP contribution in [0.4, 0.5) is 0 Å². The molecule has 4 aromatic rings.